The van der Waals surface area contributed by atoms with Gasteiger partial charge in [0.15, 0.2) is 0 Å². The predicted octanol–water partition coefficient (Wildman–Crippen LogP) is 4.07. The zero-order valence-electron chi connectivity index (χ0n) is 16.3. The summed E-state index contributed by atoms with van der Waals surface area (Å²) < 4.78 is 46.1. The third-order valence-corrected chi connectivity index (χ3v) is 5.04. The number of aromatic amines is 1. The van der Waals surface area contributed by atoms with Crippen LogP contribution in [0, 0.1) is 17.5 Å². The third-order valence-electron chi connectivity index (χ3n) is 5.04. The molecule has 0 aliphatic carbocycles. The predicted molar refractivity (Wildman–Crippen MR) is 107 cm³/mol. The molecule has 0 spiro atoms. The number of H-pyrrole nitrogens is 1. The van der Waals surface area contributed by atoms with Crippen LogP contribution in [0.4, 0.5) is 13.2 Å². The number of carbonyl (C=O) groups excluding carboxylic acids is 1. The maximum atomic E-state index is 14.2. The highest BCUT2D eigenvalue weighted by molar-refractivity contribution is 5.97. The maximum absolute atomic E-state index is 14.2. The number of fused-ring (bicyclic) bond motifs is 1. The van der Waals surface area contributed by atoms with Crippen molar-refractivity contribution in [3.8, 4) is 11.5 Å². The Morgan fingerprint density at radius 1 is 1.00 bits per heavy atom. The van der Waals surface area contributed by atoms with Crippen LogP contribution in [0.3, 0.4) is 0 Å². The molecule has 5 rings (SSSR count). The molecule has 0 saturated heterocycles. The Labute approximate surface area is 179 Å². The number of amides is 1. The Kier molecular flexibility index (Phi) is 4.81. The fourth-order valence-electron chi connectivity index (χ4n) is 3.48. The summed E-state index contributed by atoms with van der Waals surface area (Å²) in [6, 6.07) is 8.59. The number of carbonyl (C=O) groups is 1. The molecule has 1 atom stereocenters. The van der Waals surface area contributed by atoms with Gasteiger partial charge < -0.3 is 9.73 Å². The zero-order chi connectivity index (χ0) is 22.2. The Balaban J connectivity index is 1.32. The first-order valence-electron chi connectivity index (χ1n) is 9.58. The highest BCUT2D eigenvalue weighted by atomic mass is 19.1. The van der Waals surface area contributed by atoms with E-state index in [0.29, 0.717) is 17.0 Å². The minimum Gasteiger partial charge on any atom is -0.417 e. The minimum atomic E-state index is -0.799. The first-order chi connectivity index (χ1) is 15.5. The van der Waals surface area contributed by atoms with Gasteiger partial charge in [-0.2, -0.15) is 5.10 Å². The van der Waals surface area contributed by atoms with E-state index in [9.17, 15) is 18.0 Å². The number of aromatic nitrogens is 4. The molecular formula is C22H14F3N5O2. The van der Waals surface area contributed by atoms with Crippen molar-refractivity contribution in [3.05, 3.63) is 88.3 Å². The quantitative estimate of drug-likeness (QED) is 0.502. The van der Waals surface area contributed by atoms with Gasteiger partial charge in [0.2, 0.25) is 11.8 Å². The monoisotopic (exact) mass is 437 g/mol. The molecule has 160 valence electrons. The SMILES string of the molecule is O=C1NC(c2cc(/C=C/c3nnc(-c4ccc(F)cc4)o3)n[nH]2)Cc2c(F)cc(F)cc21. The van der Waals surface area contributed by atoms with Crippen LogP contribution in [0.2, 0.25) is 0 Å². The summed E-state index contributed by atoms with van der Waals surface area (Å²) in [4.78, 5) is 12.3. The molecule has 2 aromatic carbocycles. The number of hydrogen-bond acceptors (Lipinski definition) is 5. The first kappa shape index (κ1) is 19.7. The van der Waals surface area contributed by atoms with Gasteiger partial charge >= 0.3 is 0 Å². The van der Waals surface area contributed by atoms with Crippen LogP contribution in [-0.4, -0.2) is 26.3 Å². The fraction of sp³-hybridized carbons (Fsp3) is 0.0909. The second-order valence-electron chi connectivity index (χ2n) is 7.18. The molecule has 3 heterocycles. The largest absolute Gasteiger partial charge is 0.417 e. The van der Waals surface area contributed by atoms with E-state index >= 15 is 0 Å². The molecule has 0 bridgehead atoms. The van der Waals surface area contributed by atoms with E-state index in [1.807, 2.05) is 0 Å². The Morgan fingerprint density at radius 2 is 1.81 bits per heavy atom. The van der Waals surface area contributed by atoms with Crippen molar-refractivity contribution < 1.29 is 22.4 Å². The minimum absolute atomic E-state index is 0.00765. The lowest BCUT2D eigenvalue weighted by atomic mass is 9.93. The zero-order valence-corrected chi connectivity index (χ0v) is 16.3. The summed E-state index contributed by atoms with van der Waals surface area (Å²) in [6.07, 6.45) is 3.33. The normalized spacial score (nSPS) is 15.7. The van der Waals surface area contributed by atoms with E-state index in [4.69, 9.17) is 4.42 Å². The van der Waals surface area contributed by atoms with Crippen molar-refractivity contribution in [2.75, 3.05) is 0 Å². The van der Waals surface area contributed by atoms with Crippen LogP contribution in [-0.2, 0) is 6.42 Å². The van der Waals surface area contributed by atoms with Crippen molar-refractivity contribution in [3.63, 3.8) is 0 Å². The summed E-state index contributed by atoms with van der Waals surface area (Å²) in [5.74, 6) is -2.01. The number of halogens is 3. The van der Waals surface area contributed by atoms with Crippen molar-refractivity contribution >= 4 is 18.1 Å². The lowest BCUT2D eigenvalue weighted by Crippen LogP contribution is -2.36. The smallest absolute Gasteiger partial charge is 0.252 e. The van der Waals surface area contributed by atoms with E-state index in [1.165, 1.54) is 24.3 Å². The Morgan fingerprint density at radius 3 is 2.62 bits per heavy atom. The van der Waals surface area contributed by atoms with E-state index < -0.39 is 23.6 Å². The number of rotatable bonds is 4. The van der Waals surface area contributed by atoms with Crippen LogP contribution in [0.5, 0.6) is 0 Å². The van der Waals surface area contributed by atoms with E-state index in [-0.39, 0.29) is 35.1 Å². The first-order valence-corrected chi connectivity index (χ1v) is 9.58. The fourth-order valence-corrected chi connectivity index (χ4v) is 3.48. The van der Waals surface area contributed by atoms with Gasteiger partial charge in [-0.3, -0.25) is 9.89 Å². The van der Waals surface area contributed by atoms with Gasteiger partial charge in [-0.05, 0) is 42.5 Å². The molecule has 1 amide bonds. The molecule has 1 aliphatic rings. The number of hydrogen-bond donors (Lipinski definition) is 2. The second kappa shape index (κ2) is 7.80. The molecule has 10 heteroatoms. The van der Waals surface area contributed by atoms with Crippen LogP contribution < -0.4 is 5.32 Å². The number of nitrogens with zero attached hydrogens (tertiary/aromatic N) is 3. The van der Waals surface area contributed by atoms with Crippen LogP contribution in [0.15, 0.2) is 46.9 Å². The average Bonchev–Trinajstić information content (AvgIpc) is 3.43. The second-order valence-corrected chi connectivity index (χ2v) is 7.18. The maximum Gasteiger partial charge on any atom is 0.252 e. The van der Waals surface area contributed by atoms with Crippen molar-refractivity contribution in [1.82, 2.24) is 25.7 Å². The summed E-state index contributed by atoms with van der Waals surface area (Å²) in [6.45, 7) is 0. The van der Waals surface area contributed by atoms with E-state index in [1.54, 1.807) is 18.2 Å². The molecule has 1 unspecified atom stereocenters. The topological polar surface area (TPSA) is 96.7 Å². The molecule has 32 heavy (non-hydrogen) atoms. The molecular weight excluding hydrogens is 423 g/mol. The number of nitrogens with one attached hydrogen (secondary N) is 2. The van der Waals surface area contributed by atoms with Gasteiger partial charge in [0.1, 0.15) is 17.5 Å². The van der Waals surface area contributed by atoms with Gasteiger partial charge in [0.25, 0.3) is 5.91 Å². The Hall–Kier alpha value is -4.21. The Bertz CT molecular complexity index is 1340. The molecule has 2 aromatic heterocycles. The molecule has 7 nitrogen and oxygen atoms in total. The summed E-state index contributed by atoms with van der Waals surface area (Å²) in [7, 11) is 0. The lowest BCUT2D eigenvalue weighted by Gasteiger charge is -2.25. The third kappa shape index (κ3) is 3.78. The van der Waals surface area contributed by atoms with Crippen molar-refractivity contribution in [1.29, 1.82) is 0 Å². The van der Waals surface area contributed by atoms with Gasteiger partial charge in [-0.25, -0.2) is 13.2 Å². The molecule has 0 fully saturated rings. The molecule has 2 N–H and O–H groups in total. The molecule has 1 aliphatic heterocycles. The van der Waals surface area contributed by atoms with E-state index in [2.05, 4.69) is 25.7 Å². The van der Waals surface area contributed by atoms with Crippen LogP contribution in [0.25, 0.3) is 23.6 Å². The summed E-state index contributed by atoms with van der Waals surface area (Å²) in [5.41, 5.74) is 1.81. The van der Waals surface area contributed by atoms with Crippen LogP contribution in [0.1, 0.15) is 39.2 Å². The summed E-state index contributed by atoms with van der Waals surface area (Å²) in [5, 5.41) is 17.5. The molecule has 0 saturated carbocycles. The molecule has 0 radical (unpaired) electrons. The highest BCUT2D eigenvalue weighted by Gasteiger charge is 2.29. The standard InChI is InChI=1S/C22H14F3N5O2/c23-12-3-1-11(2-4-12)22-30-29-20(32-22)6-5-14-9-19(28-27-14)18-10-15-16(21(31)26-18)7-13(24)8-17(15)25/h1-9,18H,10H2,(H,26,31)(H,27,28)/b6-5+. The van der Waals surface area contributed by atoms with Gasteiger partial charge in [-0.1, -0.05) is 0 Å². The van der Waals surface area contributed by atoms with Crippen molar-refractivity contribution in [2.45, 2.75) is 12.5 Å². The lowest BCUT2D eigenvalue weighted by molar-refractivity contribution is 0.0922. The molecule has 4 aromatic rings. The van der Waals surface area contributed by atoms with Gasteiger partial charge in [-0.15, -0.1) is 10.2 Å². The van der Waals surface area contributed by atoms with Gasteiger partial charge in [0, 0.05) is 35.3 Å². The average molecular weight is 437 g/mol. The van der Waals surface area contributed by atoms with E-state index in [0.717, 1.165) is 12.1 Å². The van der Waals surface area contributed by atoms with Crippen molar-refractivity contribution in [2.24, 2.45) is 0 Å². The number of benzene rings is 2. The van der Waals surface area contributed by atoms with Gasteiger partial charge in [0.05, 0.1) is 17.4 Å². The highest BCUT2D eigenvalue weighted by Crippen LogP contribution is 2.28. The van der Waals surface area contributed by atoms with Crippen LogP contribution >= 0.6 is 0 Å². The summed E-state index contributed by atoms with van der Waals surface area (Å²) >= 11 is 0.